The maximum atomic E-state index is 12.1. The number of nitrogens with one attached hydrogen (secondary N) is 2. The molecule has 6 nitrogen and oxygen atoms in total. The van der Waals surface area contributed by atoms with Gasteiger partial charge >= 0.3 is 5.97 Å². The van der Waals surface area contributed by atoms with Gasteiger partial charge in [0.15, 0.2) is 0 Å². The number of hydrogen-bond donors (Lipinski definition) is 3. The van der Waals surface area contributed by atoms with E-state index in [4.69, 9.17) is 16.7 Å². The van der Waals surface area contributed by atoms with Crippen LogP contribution in [0.15, 0.2) is 18.2 Å². The zero-order valence-electron chi connectivity index (χ0n) is 11.6. The summed E-state index contributed by atoms with van der Waals surface area (Å²) in [6.45, 7) is 0. The lowest BCUT2D eigenvalue weighted by atomic mass is 10.1. The van der Waals surface area contributed by atoms with E-state index in [9.17, 15) is 14.4 Å². The summed E-state index contributed by atoms with van der Waals surface area (Å²) in [5.74, 6) is -2.68. The molecular formula is C15H15ClN2O4. The molecule has 2 amide bonds. The number of amides is 2. The van der Waals surface area contributed by atoms with Crippen molar-refractivity contribution in [1.82, 2.24) is 5.32 Å². The molecule has 3 N–H and O–H groups in total. The van der Waals surface area contributed by atoms with Gasteiger partial charge in [-0.3, -0.25) is 14.4 Å². The summed E-state index contributed by atoms with van der Waals surface area (Å²) < 4.78 is 0. The molecule has 3 rings (SSSR count). The summed E-state index contributed by atoms with van der Waals surface area (Å²) in [4.78, 5) is 34.8. The van der Waals surface area contributed by atoms with Crippen LogP contribution in [0.1, 0.15) is 29.6 Å². The first-order valence-electron chi connectivity index (χ1n) is 7.10. The highest BCUT2D eigenvalue weighted by molar-refractivity contribution is 6.34. The van der Waals surface area contributed by atoms with Crippen LogP contribution in [0.4, 0.5) is 5.69 Å². The van der Waals surface area contributed by atoms with E-state index < -0.39 is 17.8 Å². The van der Waals surface area contributed by atoms with Gasteiger partial charge in [0.25, 0.3) is 5.91 Å². The number of carboxylic acids is 1. The first-order chi connectivity index (χ1) is 10.5. The van der Waals surface area contributed by atoms with E-state index in [2.05, 4.69) is 10.6 Å². The van der Waals surface area contributed by atoms with Gasteiger partial charge in [-0.2, -0.15) is 0 Å². The van der Waals surface area contributed by atoms with Crippen LogP contribution in [-0.2, 0) is 9.59 Å². The molecule has 0 spiro atoms. The fraction of sp³-hybridized carbons (Fsp3) is 0.400. The fourth-order valence-corrected chi connectivity index (χ4v) is 2.46. The van der Waals surface area contributed by atoms with E-state index in [0.717, 1.165) is 12.8 Å². The number of hydrogen-bond acceptors (Lipinski definition) is 3. The highest BCUT2D eigenvalue weighted by atomic mass is 35.5. The van der Waals surface area contributed by atoms with Gasteiger partial charge in [0.1, 0.15) is 0 Å². The maximum Gasteiger partial charge on any atom is 0.307 e. The summed E-state index contributed by atoms with van der Waals surface area (Å²) >= 11 is 6.02. The summed E-state index contributed by atoms with van der Waals surface area (Å²) in [5.41, 5.74) is 0.739. The number of carboxylic acid groups (broad SMARTS) is 1. The molecule has 0 aliphatic heterocycles. The lowest BCUT2D eigenvalue weighted by molar-refractivity contribution is -0.139. The summed E-state index contributed by atoms with van der Waals surface area (Å²) in [6, 6.07) is 4.85. The van der Waals surface area contributed by atoms with Crippen molar-refractivity contribution < 1.29 is 19.5 Å². The number of rotatable bonds is 5. The number of benzene rings is 1. The predicted octanol–water partition coefficient (Wildman–Crippen LogP) is 1.89. The van der Waals surface area contributed by atoms with Gasteiger partial charge < -0.3 is 15.7 Å². The molecule has 7 heteroatoms. The van der Waals surface area contributed by atoms with E-state index in [1.807, 2.05) is 0 Å². The third kappa shape index (κ3) is 3.22. The Hall–Kier alpha value is -2.08. The molecule has 0 unspecified atom stereocenters. The van der Waals surface area contributed by atoms with Crippen molar-refractivity contribution in [2.45, 2.75) is 25.3 Å². The van der Waals surface area contributed by atoms with Gasteiger partial charge in [-0.1, -0.05) is 11.6 Å². The number of anilines is 1. The number of aliphatic carboxylic acids is 1. The van der Waals surface area contributed by atoms with E-state index in [-0.39, 0.29) is 17.9 Å². The molecule has 2 aliphatic rings. The van der Waals surface area contributed by atoms with Crippen LogP contribution >= 0.6 is 11.6 Å². The average molecular weight is 323 g/mol. The molecule has 2 aliphatic carbocycles. The summed E-state index contributed by atoms with van der Waals surface area (Å²) in [7, 11) is 0. The first kappa shape index (κ1) is 14.8. The van der Waals surface area contributed by atoms with Gasteiger partial charge in [-0.05, 0) is 37.5 Å². The number of halogens is 1. The third-order valence-electron chi connectivity index (χ3n) is 3.84. The minimum Gasteiger partial charge on any atom is -0.481 e. The van der Waals surface area contributed by atoms with Crippen molar-refractivity contribution in [2.24, 2.45) is 11.8 Å². The SMILES string of the molecule is O=C(NC1CC1)c1cc(NC(=O)[C@@H]2C[C@H]2C(=O)O)ccc1Cl. The van der Waals surface area contributed by atoms with Crippen molar-refractivity contribution in [3.63, 3.8) is 0 Å². The van der Waals surface area contributed by atoms with E-state index in [1.54, 1.807) is 12.1 Å². The minimum atomic E-state index is -0.958. The summed E-state index contributed by atoms with van der Waals surface area (Å²) in [6.07, 6.45) is 2.29. The largest absolute Gasteiger partial charge is 0.481 e. The van der Waals surface area contributed by atoms with Gasteiger partial charge in [-0.15, -0.1) is 0 Å². The molecule has 2 fully saturated rings. The fourth-order valence-electron chi connectivity index (χ4n) is 2.26. The lowest BCUT2D eigenvalue weighted by Crippen LogP contribution is -2.26. The van der Waals surface area contributed by atoms with E-state index >= 15 is 0 Å². The Bertz CT molecular complexity index is 657. The molecule has 2 atom stereocenters. The molecule has 0 radical (unpaired) electrons. The van der Waals surface area contributed by atoms with Crippen LogP contribution < -0.4 is 10.6 Å². The van der Waals surface area contributed by atoms with E-state index in [1.165, 1.54) is 6.07 Å². The van der Waals surface area contributed by atoms with Gasteiger partial charge in [0.2, 0.25) is 5.91 Å². The normalized spacial score (nSPS) is 22.8. The highest BCUT2D eigenvalue weighted by Crippen LogP contribution is 2.39. The van der Waals surface area contributed by atoms with Gasteiger partial charge in [0, 0.05) is 11.7 Å². The molecule has 1 aromatic rings. The Morgan fingerprint density at radius 1 is 1.18 bits per heavy atom. The topological polar surface area (TPSA) is 95.5 Å². The van der Waals surface area contributed by atoms with Gasteiger partial charge in [0.05, 0.1) is 22.4 Å². The molecule has 0 aromatic heterocycles. The molecule has 2 saturated carbocycles. The Balaban J connectivity index is 1.68. The van der Waals surface area contributed by atoms with Crippen molar-refractivity contribution >= 4 is 35.1 Å². The molecule has 1 aromatic carbocycles. The predicted molar refractivity (Wildman–Crippen MR) is 79.8 cm³/mol. The molecule has 0 heterocycles. The van der Waals surface area contributed by atoms with Crippen molar-refractivity contribution in [3.05, 3.63) is 28.8 Å². The average Bonchev–Trinajstić information content (AvgIpc) is 3.34. The second-order valence-corrected chi connectivity index (χ2v) is 6.13. The quantitative estimate of drug-likeness (QED) is 0.771. The maximum absolute atomic E-state index is 12.1. The Labute approximate surface area is 131 Å². The zero-order valence-corrected chi connectivity index (χ0v) is 12.4. The lowest BCUT2D eigenvalue weighted by Gasteiger charge is -2.09. The first-order valence-corrected chi connectivity index (χ1v) is 7.47. The van der Waals surface area contributed by atoms with Crippen LogP contribution in [0.2, 0.25) is 5.02 Å². The van der Waals surface area contributed by atoms with Crippen molar-refractivity contribution in [2.75, 3.05) is 5.32 Å². The van der Waals surface area contributed by atoms with Crippen LogP contribution in [0.25, 0.3) is 0 Å². The van der Waals surface area contributed by atoms with Gasteiger partial charge in [-0.25, -0.2) is 0 Å². The van der Waals surface area contributed by atoms with Crippen molar-refractivity contribution in [3.8, 4) is 0 Å². The monoisotopic (exact) mass is 322 g/mol. The zero-order chi connectivity index (χ0) is 15.9. The van der Waals surface area contributed by atoms with Crippen LogP contribution in [0.5, 0.6) is 0 Å². The molecule has 22 heavy (non-hydrogen) atoms. The van der Waals surface area contributed by atoms with Crippen LogP contribution in [-0.4, -0.2) is 28.9 Å². The third-order valence-corrected chi connectivity index (χ3v) is 4.17. The Morgan fingerprint density at radius 3 is 2.50 bits per heavy atom. The molecule has 0 saturated heterocycles. The molecular weight excluding hydrogens is 308 g/mol. The highest BCUT2D eigenvalue weighted by Gasteiger charge is 2.48. The Morgan fingerprint density at radius 2 is 1.91 bits per heavy atom. The van der Waals surface area contributed by atoms with Crippen LogP contribution in [0.3, 0.4) is 0 Å². The van der Waals surface area contributed by atoms with Crippen LogP contribution in [0, 0.1) is 11.8 Å². The second-order valence-electron chi connectivity index (χ2n) is 5.72. The Kier molecular flexibility index (Phi) is 3.78. The number of carbonyl (C=O) groups is 3. The smallest absolute Gasteiger partial charge is 0.307 e. The second kappa shape index (κ2) is 5.61. The molecule has 116 valence electrons. The summed E-state index contributed by atoms with van der Waals surface area (Å²) in [5, 5.41) is 14.6. The van der Waals surface area contributed by atoms with E-state index in [0.29, 0.717) is 22.7 Å². The van der Waals surface area contributed by atoms with Crippen molar-refractivity contribution in [1.29, 1.82) is 0 Å². The minimum absolute atomic E-state index is 0.213. The number of carbonyl (C=O) groups excluding carboxylic acids is 2. The standard InChI is InChI=1S/C15H15ClN2O4/c16-12-4-3-8(5-11(12)14(20)17-7-1-2-7)18-13(19)9-6-10(9)15(21)22/h3-5,7,9-10H,1-2,6H2,(H,17,20)(H,18,19)(H,21,22)/t9-,10-/m1/s1. The molecule has 0 bridgehead atoms.